The van der Waals surface area contributed by atoms with E-state index in [2.05, 4.69) is 21.4 Å². The molecule has 1 unspecified atom stereocenters. The van der Waals surface area contributed by atoms with Gasteiger partial charge in [0.05, 0.1) is 22.5 Å². The number of piperidine rings is 1. The average molecular weight is 419 g/mol. The molecule has 1 aromatic carbocycles. The Balaban J connectivity index is 1.27. The predicted octanol–water partition coefficient (Wildman–Crippen LogP) is 1.71. The highest BCUT2D eigenvalue weighted by Crippen LogP contribution is 2.28. The summed E-state index contributed by atoms with van der Waals surface area (Å²) in [6.45, 7) is 1.40. The fraction of sp³-hybridized carbons (Fsp3) is 0.391. The number of nitriles is 1. The van der Waals surface area contributed by atoms with Gasteiger partial charge in [-0.15, -0.1) is 0 Å². The molecule has 1 fully saturated rings. The van der Waals surface area contributed by atoms with E-state index in [1.54, 1.807) is 6.07 Å². The topological polar surface area (TPSA) is 128 Å². The van der Waals surface area contributed by atoms with Gasteiger partial charge in [-0.1, -0.05) is 12.1 Å². The maximum absolute atomic E-state index is 12.6. The number of fused-ring (bicyclic) bond motifs is 1. The fourth-order valence-corrected chi connectivity index (χ4v) is 4.20. The van der Waals surface area contributed by atoms with Crippen molar-refractivity contribution in [3.05, 3.63) is 63.9 Å². The number of hydrogen-bond acceptors (Lipinski definition) is 6. The van der Waals surface area contributed by atoms with Crippen LogP contribution in [0.4, 0.5) is 0 Å². The number of allylic oxidation sites excluding steroid dienone is 2. The van der Waals surface area contributed by atoms with Gasteiger partial charge in [-0.3, -0.25) is 9.59 Å². The monoisotopic (exact) mass is 418 g/mol. The molecule has 8 heteroatoms. The molecule has 0 radical (unpaired) electrons. The highest BCUT2D eigenvalue weighted by molar-refractivity contribution is 5.77. The summed E-state index contributed by atoms with van der Waals surface area (Å²) < 4.78 is 0. The van der Waals surface area contributed by atoms with Gasteiger partial charge in [-0.05, 0) is 49.0 Å². The summed E-state index contributed by atoms with van der Waals surface area (Å²) in [5.41, 5.74) is 8.00. The van der Waals surface area contributed by atoms with Crippen molar-refractivity contribution < 1.29 is 4.79 Å². The lowest BCUT2D eigenvalue weighted by Gasteiger charge is -2.34. The minimum atomic E-state index is -0.442. The van der Waals surface area contributed by atoms with E-state index in [1.165, 1.54) is 0 Å². The lowest BCUT2D eigenvalue weighted by atomic mass is 9.87. The smallest absolute Gasteiger partial charge is 0.258 e. The van der Waals surface area contributed by atoms with Crippen molar-refractivity contribution in [1.82, 2.24) is 20.2 Å². The van der Waals surface area contributed by atoms with Gasteiger partial charge in [-0.2, -0.15) is 5.26 Å². The zero-order valence-corrected chi connectivity index (χ0v) is 17.3. The van der Waals surface area contributed by atoms with E-state index in [-0.39, 0.29) is 11.5 Å². The lowest BCUT2D eigenvalue weighted by Crippen LogP contribution is -2.41. The fourth-order valence-electron chi connectivity index (χ4n) is 4.20. The molecule has 1 saturated heterocycles. The molecule has 2 aliphatic rings. The number of carbonyl (C=O) groups excluding carboxylic acids is 1. The van der Waals surface area contributed by atoms with E-state index < -0.39 is 6.17 Å². The molecule has 1 atom stereocenters. The van der Waals surface area contributed by atoms with Crippen molar-refractivity contribution >= 4 is 16.8 Å². The van der Waals surface area contributed by atoms with Crippen LogP contribution < -0.4 is 16.6 Å². The summed E-state index contributed by atoms with van der Waals surface area (Å²) in [6, 6.07) is 9.39. The number of benzene rings is 1. The summed E-state index contributed by atoms with van der Waals surface area (Å²) >= 11 is 0. The third kappa shape index (κ3) is 4.67. The SMILES string of the molecule is N#CC1=CC(C2CCN(C(=O)CCCc3nc4ccccc4c(=O)[nH]3)CC2)=CNC1N. The van der Waals surface area contributed by atoms with E-state index in [4.69, 9.17) is 5.73 Å². The molecule has 31 heavy (non-hydrogen) atoms. The van der Waals surface area contributed by atoms with E-state index in [0.717, 1.165) is 18.4 Å². The molecule has 2 aliphatic heterocycles. The molecule has 1 amide bonds. The van der Waals surface area contributed by atoms with Gasteiger partial charge in [-0.25, -0.2) is 4.98 Å². The quantitative estimate of drug-likeness (QED) is 0.678. The Morgan fingerprint density at radius 2 is 2.06 bits per heavy atom. The van der Waals surface area contributed by atoms with Crippen LogP contribution in [0.5, 0.6) is 0 Å². The van der Waals surface area contributed by atoms with Crippen molar-refractivity contribution in [1.29, 1.82) is 5.26 Å². The number of aromatic amines is 1. The summed E-state index contributed by atoms with van der Waals surface area (Å²) in [7, 11) is 0. The van der Waals surface area contributed by atoms with Crippen molar-refractivity contribution in [3.63, 3.8) is 0 Å². The number of nitrogens with one attached hydrogen (secondary N) is 2. The minimum Gasteiger partial charge on any atom is -0.371 e. The van der Waals surface area contributed by atoms with Gasteiger partial charge in [0, 0.05) is 32.1 Å². The Labute approximate surface area is 180 Å². The number of carbonyl (C=O) groups is 1. The summed E-state index contributed by atoms with van der Waals surface area (Å²) in [5.74, 6) is 1.07. The summed E-state index contributed by atoms with van der Waals surface area (Å²) in [5, 5.41) is 12.8. The largest absolute Gasteiger partial charge is 0.371 e. The molecule has 2 aromatic rings. The molecule has 3 heterocycles. The first-order chi connectivity index (χ1) is 15.0. The number of aromatic nitrogens is 2. The number of rotatable bonds is 5. The maximum atomic E-state index is 12.6. The van der Waals surface area contributed by atoms with Crippen LogP contribution in [0.15, 0.2) is 52.5 Å². The molecule has 0 saturated carbocycles. The van der Waals surface area contributed by atoms with Crippen LogP contribution in [0.25, 0.3) is 10.9 Å². The number of dihydropyridines is 1. The molecule has 4 N–H and O–H groups in total. The predicted molar refractivity (Wildman–Crippen MR) is 117 cm³/mol. The zero-order chi connectivity index (χ0) is 21.8. The molecular weight excluding hydrogens is 392 g/mol. The molecule has 4 rings (SSSR count). The number of nitrogens with zero attached hydrogens (tertiary/aromatic N) is 3. The number of H-pyrrole nitrogens is 1. The summed E-state index contributed by atoms with van der Waals surface area (Å²) in [6.07, 6.45) is 6.68. The van der Waals surface area contributed by atoms with E-state index in [1.807, 2.05) is 35.4 Å². The second kappa shape index (κ2) is 9.14. The van der Waals surface area contributed by atoms with Crippen LogP contribution in [0.3, 0.4) is 0 Å². The second-order valence-electron chi connectivity index (χ2n) is 8.04. The Morgan fingerprint density at radius 1 is 1.29 bits per heavy atom. The molecular formula is C23H26N6O2. The Bertz CT molecular complexity index is 1130. The van der Waals surface area contributed by atoms with Gasteiger partial charge < -0.3 is 20.9 Å². The first kappa shape index (κ1) is 20.8. The zero-order valence-electron chi connectivity index (χ0n) is 17.3. The average Bonchev–Trinajstić information content (AvgIpc) is 2.79. The standard InChI is InChI=1S/C23H26N6O2/c24-13-16-12-17(14-26-22(16)25)15-8-10-29(11-9-15)21(30)7-3-6-20-27-19-5-2-1-4-18(19)23(31)28-20/h1-2,4-5,12,14-15,22,26H,3,6-11,25H2,(H,27,28,31). The molecule has 8 nitrogen and oxygen atoms in total. The van der Waals surface area contributed by atoms with Crippen LogP contribution >= 0.6 is 0 Å². The van der Waals surface area contributed by atoms with Gasteiger partial charge in [0.1, 0.15) is 12.0 Å². The molecule has 0 bridgehead atoms. The minimum absolute atomic E-state index is 0.132. The normalized spacial score (nSPS) is 19.4. The van der Waals surface area contributed by atoms with Crippen LogP contribution in [0.2, 0.25) is 0 Å². The Morgan fingerprint density at radius 3 is 2.84 bits per heavy atom. The van der Waals surface area contributed by atoms with E-state index in [0.29, 0.717) is 60.6 Å². The first-order valence-corrected chi connectivity index (χ1v) is 10.6. The Kier molecular flexibility index (Phi) is 6.14. The Hall–Kier alpha value is -3.44. The van der Waals surface area contributed by atoms with Crippen LogP contribution in [-0.2, 0) is 11.2 Å². The number of amides is 1. The maximum Gasteiger partial charge on any atom is 0.258 e. The summed E-state index contributed by atoms with van der Waals surface area (Å²) in [4.78, 5) is 34.0. The highest BCUT2D eigenvalue weighted by Gasteiger charge is 2.26. The van der Waals surface area contributed by atoms with Gasteiger partial charge in [0.15, 0.2) is 0 Å². The van der Waals surface area contributed by atoms with Gasteiger partial charge >= 0.3 is 0 Å². The van der Waals surface area contributed by atoms with Crippen LogP contribution in [0.1, 0.15) is 31.5 Å². The number of hydrogen-bond donors (Lipinski definition) is 3. The molecule has 0 spiro atoms. The molecule has 0 aliphatic carbocycles. The van der Waals surface area contributed by atoms with Crippen molar-refractivity contribution in [2.75, 3.05) is 13.1 Å². The number of likely N-dealkylation sites (tertiary alicyclic amines) is 1. The van der Waals surface area contributed by atoms with Crippen molar-refractivity contribution in [2.24, 2.45) is 11.7 Å². The van der Waals surface area contributed by atoms with E-state index in [9.17, 15) is 14.9 Å². The van der Waals surface area contributed by atoms with Gasteiger partial charge in [0.2, 0.25) is 5.91 Å². The third-order valence-corrected chi connectivity index (χ3v) is 6.00. The number of nitrogens with two attached hydrogens (primary N) is 1. The lowest BCUT2D eigenvalue weighted by molar-refractivity contribution is -0.132. The second-order valence-corrected chi connectivity index (χ2v) is 8.04. The first-order valence-electron chi connectivity index (χ1n) is 10.6. The number of aryl methyl sites for hydroxylation is 1. The van der Waals surface area contributed by atoms with E-state index >= 15 is 0 Å². The third-order valence-electron chi connectivity index (χ3n) is 6.00. The molecule has 1 aromatic heterocycles. The van der Waals surface area contributed by atoms with Crippen LogP contribution in [0, 0.1) is 17.2 Å². The van der Waals surface area contributed by atoms with Crippen molar-refractivity contribution in [2.45, 2.75) is 38.3 Å². The highest BCUT2D eigenvalue weighted by atomic mass is 16.2. The van der Waals surface area contributed by atoms with Gasteiger partial charge in [0.25, 0.3) is 5.56 Å². The number of para-hydroxylation sites is 1. The van der Waals surface area contributed by atoms with Crippen molar-refractivity contribution in [3.8, 4) is 6.07 Å². The molecule has 160 valence electrons. The van der Waals surface area contributed by atoms with Crippen LogP contribution in [-0.4, -0.2) is 40.0 Å².